The van der Waals surface area contributed by atoms with Crippen LogP contribution in [0.25, 0.3) is 0 Å². The first-order chi connectivity index (χ1) is 12.0. The van der Waals surface area contributed by atoms with Crippen LogP contribution >= 0.6 is 0 Å². The third-order valence-electron chi connectivity index (χ3n) is 5.34. The third-order valence-corrected chi connectivity index (χ3v) is 5.34. The molecule has 5 heteroatoms. The van der Waals surface area contributed by atoms with Gasteiger partial charge in [0.2, 0.25) is 0 Å². The average Bonchev–Trinajstić information content (AvgIpc) is 2.87. The first-order valence-electron chi connectivity index (χ1n) is 8.32. The lowest BCUT2D eigenvalue weighted by molar-refractivity contribution is -0.138. The number of ether oxygens (including phenoxy) is 1. The number of carbonyl (C=O) groups excluding carboxylic acids is 2. The molecule has 2 aliphatic rings. The maximum Gasteiger partial charge on any atom is 0.261 e. The zero-order valence-electron chi connectivity index (χ0n) is 14.1. The number of aliphatic hydroxyl groups is 1. The van der Waals surface area contributed by atoms with Crippen LogP contribution in [0.4, 0.5) is 5.69 Å². The number of Topliss-reactive ketones (excluding diaryl/α,β-unsaturated/α-hetero) is 1. The number of nitrogens with one attached hydrogen (secondary N) is 1. The number of rotatable bonds is 2. The fraction of sp³-hybridized carbons (Fsp3) is 0.300. The van der Waals surface area contributed by atoms with Crippen LogP contribution in [0, 0.1) is 12.8 Å². The summed E-state index contributed by atoms with van der Waals surface area (Å²) >= 11 is 0. The number of amides is 1. The lowest BCUT2D eigenvalue weighted by Gasteiger charge is -2.33. The Balaban J connectivity index is 1.80. The summed E-state index contributed by atoms with van der Waals surface area (Å²) in [5, 5.41) is 13.9. The molecule has 1 aliphatic carbocycles. The number of ketones is 1. The molecule has 0 radical (unpaired) electrons. The predicted molar refractivity (Wildman–Crippen MR) is 92.8 cm³/mol. The van der Waals surface area contributed by atoms with Gasteiger partial charge in [-0.25, -0.2) is 0 Å². The van der Waals surface area contributed by atoms with Crippen LogP contribution in [0.2, 0.25) is 0 Å². The van der Waals surface area contributed by atoms with E-state index in [0.29, 0.717) is 29.7 Å². The van der Waals surface area contributed by atoms with Crippen molar-refractivity contribution in [2.24, 2.45) is 5.92 Å². The number of carbonyl (C=O) groups is 2. The van der Waals surface area contributed by atoms with Gasteiger partial charge in [-0.3, -0.25) is 9.59 Å². The van der Waals surface area contributed by atoms with Gasteiger partial charge in [-0.05, 0) is 49.1 Å². The predicted octanol–water partition coefficient (Wildman–Crippen LogP) is 2.59. The van der Waals surface area contributed by atoms with Gasteiger partial charge in [0.1, 0.15) is 5.75 Å². The van der Waals surface area contributed by atoms with Crippen molar-refractivity contribution in [3.05, 3.63) is 58.7 Å². The standard InChI is InChI=1S/C20H19NO4/c1-11-9-13-12(10-17(11)25-2)7-8-15(18(13)22)20(24)14-5-3-4-6-16(14)21-19(20)23/h3-6,9-10,15,24H,7-8H2,1-2H3,(H,21,23)/t15-,20-/m0/s1. The fourth-order valence-corrected chi connectivity index (χ4v) is 4.01. The van der Waals surface area contributed by atoms with E-state index in [-0.39, 0.29) is 5.78 Å². The maximum absolute atomic E-state index is 13.1. The van der Waals surface area contributed by atoms with Crippen LogP contribution in [-0.2, 0) is 16.8 Å². The molecule has 25 heavy (non-hydrogen) atoms. The van der Waals surface area contributed by atoms with Gasteiger partial charge in [-0.2, -0.15) is 0 Å². The van der Waals surface area contributed by atoms with Crippen molar-refractivity contribution in [3.63, 3.8) is 0 Å². The second-order valence-electron chi connectivity index (χ2n) is 6.70. The summed E-state index contributed by atoms with van der Waals surface area (Å²) < 4.78 is 5.33. The lowest BCUT2D eigenvalue weighted by Crippen LogP contribution is -2.47. The molecule has 2 aromatic carbocycles. The SMILES string of the molecule is COc1cc2c(cc1C)C(=O)[C@@H]([C@]1(O)C(=O)Nc3ccccc31)CC2. The third kappa shape index (κ3) is 2.12. The molecule has 2 aromatic rings. The Labute approximate surface area is 145 Å². The van der Waals surface area contributed by atoms with Gasteiger partial charge in [0.05, 0.1) is 13.0 Å². The van der Waals surface area contributed by atoms with Crippen LogP contribution in [0.3, 0.4) is 0 Å². The molecule has 2 atom stereocenters. The second kappa shape index (κ2) is 5.43. The molecule has 1 amide bonds. The molecular weight excluding hydrogens is 318 g/mol. The van der Waals surface area contributed by atoms with Crippen LogP contribution in [-0.4, -0.2) is 23.9 Å². The number of benzene rings is 2. The summed E-state index contributed by atoms with van der Waals surface area (Å²) in [5.41, 5.74) is 1.56. The van der Waals surface area contributed by atoms with Gasteiger partial charge in [0.15, 0.2) is 11.4 Å². The number of anilines is 1. The summed E-state index contributed by atoms with van der Waals surface area (Å²) in [4.78, 5) is 25.7. The van der Waals surface area contributed by atoms with Crippen molar-refractivity contribution in [2.45, 2.75) is 25.4 Å². The van der Waals surface area contributed by atoms with E-state index in [1.807, 2.05) is 13.0 Å². The number of para-hydroxylation sites is 1. The Kier molecular flexibility index (Phi) is 3.44. The monoisotopic (exact) mass is 337 g/mol. The Morgan fingerprint density at radius 3 is 2.76 bits per heavy atom. The fourth-order valence-electron chi connectivity index (χ4n) is 4.01. The van der Waals surface area contributed by atoms with E-state index in [0.717, 1.165) is 16.9 Å². The van der Waals surface area contributed by atoms with Crippen LogP contribution in [0.5, 0.6) is 5.75 Å². The largest absolute Gasteiger partial charge is 0.496 e. The number of hydrogen-bond donors (Lipinski definition) is 2. The molecule has 0 spiro atoms. The van der Waals surface area contributed by atoms with Gasteiger partial charge in [-0.15, -0.1) is 0 Å². The quantitative estimate of drug-likeness (QED) is 0.883. The van der Waals surface area contributed by atoms with Crippen LogP contribution in [0.1, 0.15) is 33.5 Å². The smallest absolute Gasteiger partial charge is 0.261 e. The van der Waals surface area contributed by atoms with E-state index in [1.165, 1.54) is 0 Å². The average molecular weight is 337 g/mol. The number of aryl methyl sites for hydroxylation is 2. The van der Waals surface area contributed by atoms with Crippen molar-refractivity contribution in [1.82, 2.24) is 0 Å². The Hall–Kier alpha value is -2.66. The molecule has 0 bridgehead atoms. The minimum absolute atomic E-state index is 0.193. The summed E-state index contributed by atoms with van der Waals surface area (Å²) in [6.07, 6.45) is 1.02. The molecule has 0 saturated carbocycles. The molecule has 1 aliphatic heterocycles. The highest BCUT2D eigenvalue weighted by molar-refractivity contribution is 6.11. The van der Waals surface area contributed by atoms with E-state index < -0.39 is 17.4 Å². The topological polar surface area (TPSA) is 75.6 Å². The first kappa shape index (κ1) is 15.8. The lowest BCUT2D eigenvalue weighted by atomic mass is 9.71. The highest BCUT2D eigenvalue weighted by atomic mass is 16.5. The van der Waals surface area contributed by atoms with Crippen molar-refractivity contribution >= 4 is 17.4 Å². The summed E-state index contributed by atoms with van der Waals surface area (Å²) in [6.45, 7) is 1.88. The highest BCUT2D eigenvalue weighted by Crippen LogP contribution is 2.46. The maximum atomic E-state index is 13.1. The van der Waals surface area contributed by atoms with Crippen molar-refractivity contribution in [3.8, 4) is 5.75 Å². The van der Waals surface area contributed by atoms with Gasteiger partial charge >= 0.3 is 0 Å². The zero-order valence-corrected chi connectivity index (χ0v) is 14.1. The van der Waals surface area contributed by atoms with Gasteiger partial charge in [-0.1, -0.05) is 18.2 Å². The van der Waals surface area contributed by atoms with E-state index in [1.54, 1.807) is 37.4 Å². The molecule has 2 N–H and O–H groups in total. The Morgan fingerprint density at radius 1 is 1.24 bits per heavy atom. The molecule has 0 saturated heterocycles. The molecular formula is C20H19NO4. The van der Waals surface area contributed by atoms with Gasteiger partial charge in [0, 0.05) is 16.8 Å². The van der Waals surface area contributed by atoms with Crippen molar-refractivity contribution < 1.29 is 19.4 Å². The Morgan fingerprint density at radius 2 is 2.00 bits per heavy atom. The number of hydrogen-bond acceptors (Lipinski definition) is 4. The molecule has 128 valence electrons. The molecule has 5 nitrogen and oxygen atoms in total. The summed E-state index contributed by atoms with van der Waals surface area (Å²) in [5.74, 6) is -0.772. The van der Waals surface area contributed by atoms with E-state index in [9.17, 15) is 14.7 Å². The Bertz CT molecular complexity index is 905. The second-order valence-corrected chi connectivity index (χ2v) is 6.70. The minimum atomic E-state index is -1.82. The van der Waals surface area contributed by atoms with Crippen LogP contribution in [0.15, 0.2) is 36.4 Å². The zero-order chi connectivity index (χ0) is 17.8. The van der Waals surface area contributed by atoms with Crippen LogP contribution < -0.4 is 10.1 Å². The number of fused-ring (bicyclic) bond motifs is 2. The molecule has 0 unspecified atom stereocenters. The summed E-state index contributed by atoms with van der Waals surface area (Å²) in [7, 11) is 1.60. The van der Waals surface area contributed by atoms with E-state index in [4.69, 9.17) is 4.74 Å². The molecule has 1 heterocycles. The normalized spacial score (nSPS) is 24.5. The van der Waals surface area contributed by atoms with E-state index >= 15 is 0 Å². The van der Waals surface area contributed by atoms with Gasteiger partial charge < -0.3 is 15.2 Å². The van der Waals surface area contributed by atoms with Crippen molar-refractivity contribution in [1.29, 1.82) is 0 Å². The van der Waals surface area contributed by atoms with E-state index in [2.05, 4.69) is 5.32 Å². The van der Waals surface area contributed by atoms with Crippen molar-refractivity contribution in [2.75, 3.05) is 12.4 Å². The number of methoxy groups -OCH3 is 1. The molecule has 0 fully saturated rings. The van der Waals surface area contributed by atoms with Gasteiger partial charge in [0.25, 0.3) is 5.91 Å². The molecule has 4 rings (SSSR count). The first-order valence-corrected chi connectivity index (χ1v) is 8.32. The minimum Gasteiger partial charge on any atom is -0.496 e. The molecule has 0 aromatic heterocycles. The summed E-state index contributed by atoms with van der Waals surface area (Å²) in [6, 6.07) is 10.7. The highest BCUT2D eigenvalue weighted by Gasteiger charge is 2.54.